The molecule has 5 rings (SSSR count). The zero-order valence-electron chi connectivity index (χ0n) is 21.5. The van der Waals surface area contributed by atoms with Crippen molar-refractivity contribution in [1.29, 1.82) is 0 Å². The second-order valence-corrected chi connectivity index (χ2v) is 11.8. The summed E-state index contributed by atoms with van der Waals surface area (Å²) in [4.78, 5) is 3.68. The van der Waals surface area contributed by atoms with E-state index in [0.717, 1.165) is 49.4 Å². The van der Waals surface area contributed by atoms with Gasteiger partial charge in [-0.15, -0.1) is 0 Å². The van der Waals surface area contributed by atoms with Gasteiger partial charge in [-0.05, 0) is 69.2 Å². The number of rotatable bonds is 6. The normalized spacial score (nSPS) is 18.1. The third kappa shape index (κ3) is 4.94. The van der Waals surface area contributed by atoms with Crippen LogP contribution in [0.1, 0.15) is 57.1 Å². The molecule has 0 aliphatic heterocycles. The van der Waals surface area contributed by atoms with Crippen LogP contribution in [0.4, 0.5) is 24.7 Å². The predicted molar refractivity (Wildman–Crippen MR) is 144 cm³/mol. The minimum absolute atomic E-state index is 0.0953. The van der Waals surface area contributed by atoms with Gasteiger partial charge < -0.3 is 11.5 Å². The number of benzene rings is 2. The summed E-state index contributed by atoms with van der Waals surface area (Å²) in [5.74, 6) is -2.74. The summed E-state index contributed by atoms with van der Waals surface area (Å²) in [7, 11) is -4.52. The van der Waals surface area contributed by atoms with Crippen LogP contribution in [-0.4, -0.2) is 29.2 Å². The molecular formula is C27H29F3N6O2S. The van der Waals surface area contributed by atoms with Crippen molar-refractivity contribution in [3.63, 3.8) is 0 Å². The Kier molecular flexibility index (Phi) is 7.02. The maximum Gasteiger partial charge on any atom is 0.264 e. The molecule has 0 saturated heterocycles. The first-order chi connectivity index (χ1) is 18.5. The topological polar surface area (TPSA) is 129 Å². The van der Waals surface area contributed by atoms with Crippen molar-refractivity contribution in [3.8, 4) is 11.3 Å². The Bertz CT molecular complexity index is 1660. The lowest BCUT2D eigenvalue weighted by atomic mass is 9.82. The summed E-state index contributed by atoms with van der Waals surface area (Å²) in [5.41, 5.74) is 13.2. The number of aromatic nitrogens is 3. The fourth-order valence-corrected chi connectivity index (χ4v) is 6.32. The van der Waals surface area contributed by atoms with E-state index in [1.54, 1.807) is 10.9 Å². The molecule has 206 valence electrons. The van der Waals surface area contributed by atoms with Crippen molar-refractivity contribution in [2.75, 3.05) is 10.5 Å². The fourth-order valence-electron chi connectivity index (χ4n) is 5.18. The van der Waals surface area contributed by atoms with E-state index >= 15 is 8.78 Å². The summed E-state index contributed by atoms with van der Waals surface area (Å²) < 4.78 is 73.9. The van der Waals surface area contributed by atoms with Crippen molar-refractivity contribution in [2.24, 2.45) is 5.73 Å². The summed E-state index contributed by atoms with van der Waals surface area (Å²) in [6, 6.07) is 6.20. The van der Waals surface area contributed by atoms with Crippen LogP contribution in [0.15, 0.2) is 47.5 Å². The van der Waals surface area contributed by atoms with Crippen molar-refractivity contribution in [1.82, 2.24) is 14.8 Å². The maximum absolute atomic E-state index is 15.5. The molecule has 2 heterocycles. The number of nitrogen functional groups attached to an aromatic ring is 1. The highest BCUT2D eigenvalue weighted by Crippen LogP contribution is 2.42. The Morgan fingerprint density at radius 2 is 1.72 bits per heavy atom. The average molecular weight is 559 g/mol. The number of pyridine rings is 1. The monoisotopic (exact) mass is 558 g/mol. The third-order valence-corrected chi connectivity index (χ3v) is 8.56. The largest absolute Gasteiger partial charge is 0.383 e. The van der Waals surface area contributed by atoms with Gasteiger partial charge in [-0.25, -0.2) is 26.6 Å². The molecule has 0 atom stereocenters. The van der Waals surface area contributed by atoms with Gasteiger partial charge in [0.05, 0.1) is 16.6 Å². The van der Waals surface area contributed by atoms with E-state index in [-0.39, 0.29) is 35.1 Å². The first-order valence-corrected chi connectivity index (χ1v) is 14.1. The Morgan fingerprint density at radius 3 is 2.38 bits per heavy atom. The van der Waals surface area contributed by atoms with Crippen LogP contribution in [0.3, 0.4) is 0 Å². The third-order valence-electron chi connectivity index (χ3n) is 7.17. The number of anilines is 2. The molecular weight excluding hydrogens is 529 g/mol. The molecule has 2 aromatic heterocycles. The smallest absolute Gasteiger partial charge is 0.264 e. The highest BCUT2D eigenvalue weighted by atomic mass is 32.2. The molecule has 1 saturated carbocycles. The Morgan fingerprint density at radius 1 is 1.03 bits per heavy atom. The van der Waals surface area contributed by atoms with E-state index in [9.17, 15) is 12.8 Å². The van der Waals surface area contributed by atoms with E-state index in [0.29, 0.717) is 17.0 Å². The van der Waals surface area contributed by atoms with Crippen molar-refractivity contribution < 1.29 is 21.6 Å². The van der Waals surface area contributed by atoms with Crippen LogP contribution < -0.4 is 16.2 Å². The van der Waals surface area contributed by atoms with Crippen LogP contribution in [0, 0.1) is 17.5 Å². The minimum Gasteiger partial charge on any atom is -0.383 e. The zero-order valence-corrected chi connectivity index (χ0v) is 22.3. The van der Waals surface area contributed by atoms with Gasteiger partial charge in [0.2, 0.25) is 0 Å². The Hall–Kier alpha value is -3.64. The number of hydrogen-bond donors (Lipinski definition) is 3. The summed E-state index contributed by atoms with van der Waals surface area (Å²) in [5, 5.41) is 5.03. The van der Waals surface area contributed by atoms with Gasteiger partial charge in [-0.3, -0.25) is 9.40 Å². The second-order valence-electron chi connectivity index (χ2n) is 10.2. The molecule has 0 amide bonds. The van der Waals surface area contributed by atoms with E-state index in [1.807, 2.05) is 18.6 Å². The molecule has 0 unspecified atom stereocenters. The van der Waals surface area contributed by atoms with Crippen LogP contribution in [0.5, 0.6) is 0 Å². The van der Waals surface area contributed by atoms with E-state index in [1.165, 1.54) is 12.1 Å². The lowest BCUT2D eigenvalue weighted by Gasteiger charge is -2.27. The number of sulfonamides is 1. The van der Waals surface area contributed by atoms with Crippen LogP contribution in [0.2, 0.25) is 0 Å². The van der Waals surface area contributed by atoms with E-state index in [4.69, 9.17) is 11.5 Å². The second kappa shape index (κ2) is 10.2. The van der Waals surface area contributed by atoms with Crippen LogP contribution >= 0.6 is 0 Å². The molecule has 0 spiro atoms. The lowest BCUT2D eigenvalue weighted by molar-refractivity contribution is 0.395. The number of nitrogens with zero attached hydrogens (tertiary/aromatic N) is 3. The van der Waals surface area contributed by atoms with E-state index in [2.05, 4.69) is 10.1 Å². The van der Waals surface area contributed by atoms with Crippen molar-refractivity contribution in [3.05, 3.63) is 65.6 Å². The molecule has 2 aromatic carbocycles. The molecule has 8 nitrogen and oxygen atoms in total. The highest BCUT2D eigenvalue weighted by molar-refractivity contribution is 7.92. The molecule has 0 radical (unpaired) electrons. The van der Waals surface area contributed by atoms with Crippen LogP contribution in [-0.2, 0) is 10.0 Å². The van der Waals surface area contributed by atoms with Gasteiger partial charge in [0.1, 0.15) is 33.9 Å². The molecule has 39 heavy (non-hydrogen) atoms. The van der Waals surface area contributed by atoms with E-state index < -0.39 is 38.1 Å². The fraction of sp³-hybridized carbons (Fsp3) is 0.333. The number of nitrogens with two attached hydrogens (primary N) is 2. The summed E-state index contributed by atoms with van der Waals surface area (Å²) >= 11 is 0. The summed E-state index contributed by atoms with van der Waals surface area (Å²) in [6.45, 7) is 3.84. The number of hydrogen-bond acceptors (Lipinski definition) is 6. The van der Waals surface area contributed by atoms with Gasteiger partial charge in [0.25, 0.3) is 10.0 Å². The number of halogens is 3. The molecule has 1 aliphatic carbocycles. The number of fused-ring (bicyclic) bond motifs is 1. The summed E-state index contributed by atoms with van der Waals surface area (Å²) in [6.07, 6.45) is 5.17. The molecule has 1 fully saturated rings. The van der Waals surface area contributed by atoms with Crippen molar-refractivity contribution >= 4 is 32.4 Å². The average Bonchev–Trinajstić information content (AvgIpc) is 3.29. The standard InChI is InChI=1S/C27H29F3N6O2S/c1-14(2)36-26-18(15-7-9-16(31)10-8-15)13-33-27(32)24(26)25(34-36)17-11-21(30)22(12-20(17)29)35-39(37,38)23-6-4-3-5-19(23)28/h3-6,11-16,35H,7-10,31H2,1-2H3,(H2,32,33). The Balaban J connectivity index is 1.62. The first-order valence-electron chi connectivity index (χ1n) is 12.7. The quantitative estimate of drug-likeness (QED) is 0.288. The molecule has 4 aromatic rings. The Labute approximate surface area is 224 Å². The maximum atomic E-state index is 15.5. The molecule has 0 bridgehead atoms. The van der Waals surface area contributed by atoms with Crippen molar-refractivity contribution in [2.45, 2.75) is 62.4 Å². The molecule has 1 aliphatic rings. The van der Waals surface area contributed by atoms with Gasteiger partial charge in [-0.2, -0.15) is 5.10 Å². The van der Waals surface area contributed by atoms with Gasteiger partial charge in [-0.1, -0.05) is 12.1 Å². The number of nitrogens with one attached hydrogen (secondary N) is 1. The van der Waals surface area contributed by atoms with Gasteiger partial charge in [0, 0.05) is 29.9 Å². The predicted octanol–water partition coefficient (Wildman–Crippen LogP) is 5.46. The highest BCUT2D eigenvalue weighted by Gasteiger charge is 2.29. The lowest BCUT2D eigenvalue weighted by Crippen LogP contribution is -2.26. The van der Waals surface area contributed by atoms with Crippen LogP contribution in [0.25, 0.3) is 22.2 Å². The van der Waals surface area contributed by atoms with Gasteiger partial charge >= 0.3 is 0 Å². The zero-order chi connectivity index (χ0) is 28.1. The van der Waals surface area contributed by atoms with Gasteiger partial charge in [0.15, 0.2) is 0 Å². The minimum atomic E-state index is -4.52. The SMILES string of the molecule is CC(C)n1nc(-c2cc(F)c(NS(=O)(=O)c3ccccc3F)cc2F)c2c(N)ncc(C3CCC(N)CC3)c21. The molecule has 12 heteroatoms. The first kappa shape index (κ1) is 26.9. The molecule has 5 N–H and O–H groups in total.